The Morgan fingerprint density at radius 2 is 2.00 bits per heavy atom. The van der Waals surface area contributed by atoms with Crippen LogP contribution in [0.1, 0.15) is 12.1 Å². The molecule has 0 aliphatic rings. The Labute approximate surface area is 155 Å². The molecule has 1 heterocycles. The van der Waals surface area contributed by atoms with E-state index in [9.17, 15) is 9.59 Å². The highest BCUT2D eigenvalue weighted by molar-refractivity contribution is 7.14. The van der Waals surface area contributed by atoms with Gasteiger partial charge in [0.2, 0.25) is 5.91 Å². The fraction of sp³-hybridized carbons (Fsp3) is 0.353. The first-order valence-electron chi connectivity index (χ1n) is 8.03. The number of thiazole rings is 1. The summed E-state index contributed by atoms with van der Waals surface area (Å²) in [5.41, 5.74) is 1.16. The van der Waals surface area contributed by atoms with Crippen LogP contribution in [0.4, 0.5) is 15.6 Å². The van der Waals surface area contributed by atoms with Crippen molar-refractivity contribution in [2.75, 3.05) is 38.0 Å². The maximum absolute atomic E-state index is 12.1. The van der Waals surface area contributed by atoms with Crippen LogP contribution in [0.2, 0.25) is 0 Å². The Kier molecular flexibility index (Phi) is 7.84. The number of ether oxygens (including phenoxy) is 2. The molecule has 8 nitrogen and oxygen atoms in total. The Hall–Kier alpha value is -2.65. The molecule has 1 aromatic heterocycles. The van der Waals surface area contributed by atoms with Gasteiger partial charge in [0.15, 0.2) is 5.13 Å². The molecule has 0 atom stereocenters. The van der Waals surface area contributed by atoms with Crippen molar-refractivity contribution >= 4 is 34.1 Å². The van der Waals surface area contributed by atoms with Gasteiger partial charge in [-0.05, 0) is 18.6 Å². The van der Waals surface area contributed by atoms with Gasteiger partial charge in [-0.2, -0.15) is 0 Å². The standard InChI is InChI=1S/C17H22N4O4S/c1-24-9-5-8-18-15(22)10-12-11-26-17(19-12)21-16(23)20-13-6-3-4-7-14(13)25-2/h3-4,6-7,11H,5,8-10H2,1-2H3,(H,18,22)(H2,19,20,21,23). The van der Waals surface area contributed by atoms with Gasteiger partial charge in [-0.3, -0.25) is 10.1 Å². The highest BCUT2D eigenvalue weighted by atomic mass is 32.1. The average molecular weight is 378 g/mol. The summed E-state index contributed by atoms with van der Waals surface area (Å²) in [6.45, 7) is 1.16. The summed E-state index contributed by atoms with van der Waals surface area (Å²) < 4.78 is 10.1. The van der Waals surface area contributed by atoms with E-state index >= 15 is 0 Å². The molecule has 140 valence electrons. The van der Waals surface area contributed by atoms with Gasteiger partial charge in [0.1, 0.15) is 5.75 Å². The average Bonchev–Trinajstić information content (AvgIpc) is 3.05. The lowest BCUT2D eigenvalue weighted by atomic mass is 10.3. The monoisotopic (exact) mass is 378 g/mol. The van der Waals surface area contributed by atoms with Gasteiger partial charge in [0.05, 0.1) is 24.9 Å². The minimum Gasteiger partial charge on any atom is -0.495 e. The molecule has 0 fully saturated rings. The molecule has 26 heavy (non-hydrogen) atoms. The van der Waals surface area contributed by atoms with E-state index < -0.39 is 6.03 Å². The normalized spacial score (nSPS) is 10.2. The van der Waals surface area contributed by atoms with Crippen LogP contribution in [0.3, 0.4) is 0 Å². The second-order valence-electron chi connectivity index (χ2n) is 5.30. The molecule has 0 aliphatic heterocycles. The number of nitrogens with zero attached hydrogens (tertiary/aromatic N) is 1. The maximum atomic E-state index is 12.1. The van der Waals surface area contributed by atoms with Crippen molar-refractivity contribution in [3.8, 4) is 5.75 Å². The minimum absolute atomic E-state index is 0.114. The number of amides is 3. The number of urea groups is 1. The molecule has 2 aromatic rings. The predicted octanol–water partition coefficient (Wildman–Crippen LogP) is 2.49. The summed E-state index contributed by atoms with van der Waals surface area (Å²) in [6.07, 6.45) is 0.925. The molecule has 0 saturated heterocycles. The number of hydrogen-bond acceptors (Lipinski definition) is 6. The molecule has 0 bridgehead atoms. The zero-order valence-corrected chi connectivity index (χ0v) is 15.5. The Balaban J connectivity index is 1.82. The van der Waals surface area contributed by atoms with Crippen molar-refractivity contribution in [2.45, 2.75) is 12.8 Å². The summed E-state index contributed by atoms with van der Waals surface area (Å²) in [4.78, 5) is 28.1. The topological polar surface area (TPSA) is 102 Å². The van der Waals surface area contributed by atoms with E-state index in [4.69, 9.17) is 9.47 Å². The van der Waals surface area contributed by atoms with Crippen LogP contribution in [0.5, 0.6) is 5.75 Å². The summed E-state index contributed by atoms with van der Waals surface area (Å²) in [5, 5.41) is 10.3. The van der Waals surface area contributed by atoms with Gasteiger partial charge in [0, 0.05) is 25.6 Å². The zero-order valence-electron chi connectivity index (χ0n) is 14.7. The molecule has 0 saturated carbocycles. The number of methoxy groups -OCH3 is 2. The molecule has 3 amide bonds. The first-order valence-corrected chi connectivity index (χ1v) is 8.91. The van der Waals surface area contributed by atoms with Gasteiger partial charge in [0.25, 0.3) is 0 Å². The number of hydrogen-bond donors (Lipinski definition) is 3. The van der Waals surface area contributed by atoms with Crippen LogP contribution in [0, 0.1) is 0 Å². The molecule has 0 spiro atoms. The number of carbonyl (C=O) groups excluding carboxylic acids is 2. The highest BCUT2D eigenvalue weighted by Gasteiger charge is 2.11. The van der Waals surface area contributed by atoms with Crippen molar-refractivity contribution in [1.29, 1.82) is 0 Å². The predicted molar refractivity (Wildman–Crippen MR) is 101 cm³/mol. The maximum Gasteiger partial charge on any atom is 0.325 e. The van der Waals surface area contributed by atoms with E-state index in [1.54, 1.807) is 30.7 Å². The second-order valence-corrected chi connectivity index (χ2v) is 6.15. The van der Waals surface area contributed by atoms with E-state index in [0.29, 0.717) is 35.4 Å². The molecule has 0 radical (unpaired) electrons. The number of aromatic nitrogens is 1. The molecule has 2 rings (SSSR count). The van der Waals surface area contributed by atoms with Crippen LogP contribution >= 0.6 is 11.3 Å². The van der Waals surface area contributed by atoms with E-state index in [1.807, 2.05) is 6.07 Å². The lowest BCUT2D eigenvalue weighted by Crippen LogP contribution is -2.26. The SMILES string of the molecule is COCCCNC(=O)Cc1csc(NC(=O)Nc2ccccc2OC)n1. The molecule has 9 heteroatoms. The van der Waals surface area contributed by atoms with Crippen molar-refractivity contribution in [1.82, 2.24) is 10.3 Å². The zero-order chi connectivity index (χ0) is 18.8. The summed E-state index contributed by atoms with van der Waals surface area (Å²) in [7, 11) is 3.15. The summed E-state index contributed by atoms with van der Waals surface area (Å²) in [6, 6.07) is 6.67. The highest BCUT2D eigenvalue weighted by Crippen LogP contribution is 2.23. The Morgan fingerprint density at radius 3 is 2.77 bits per heavy atom. The van der Waals surface area contributed by atoms with Crippen LogP contribution in [0.15, 0.2) is 29.6 Å². The number of carbonyl (C=O) groups is 2. The van der Waals surface area contributed by atoms with Crippen LogP contribution < -0.4 is 20.7 Å². The van der Waals surface area contributed by atoms with Gasteiger partial charge < -0.3 is 20.1 Å². The number of benzene rings is 1. The fourth-order valence-electron chi connectivity index (χ4n) is 2.12. The largest absolute Gasteiger partial charge is 0.495 e. The summed E-state index contributed by atoms with van der Waals surface area (Å²) in [5.74, 6) is 0.448. The summed E-state index contributed by atoms with van der Waals surface area (Å²) >= 11 is 1.26. The fourth-order valence-corrected chi connectivity index (χ4v) is 2.82. The van der Waals surface area contributed by atoms with Crippen molar-refractivity contribution in [2.24, 2.45) is 0 Å². The van der Waals surface area contributed by atoms with E-state index in [2.05, 4.69) is 20.9 Å². The van der Waals surface area contributed by atoms with Gasteiger partial charge in [-0.1, -0.05) is 12.1 Å². The minimum atomic E-state index is -0.431. The lowest BCUT2D eigenvalue weighted by molar-refractivity contribution is -0.120. The number of rotatable bonds is 9. The van der Waals surface area contributed by atoms with Gasteiger partial charge in [-0.15, -0.1) is 11.3 Å². The third kappa shape index (κ3) is 6.34. The molecular formula is C17H22N4O4S. The Bertz CT molecular complexity index is 735. The number of anilines is 2. The number of para-hydroxylation sites is 2. The lowest BCUT2D eigenvalue weighted by Gasteiger charge is -2.09. The first kappa shape index (κ1) is 19.7. The van der Waals surface area contributed by atoms with Crippen molar-refractivity contribution in [3.05, 3.63) is 35.3 Å². The first-order chi connectivity index (χ1) is 12.6. The second kappa shape index (κ2) is 10.4. The molecule has 0 aliphatic carbocycles. The van der Waals surface area contributed by atoms with E-state index in [-0.39, 0.29) is 12.3 Å². The van der Waals surface area contributed by atoms with Crippen molar-refractivity contribution < 1.29 is 19.1 Å². The van der Waals surface area contributed by atoms with Crippen molar-refractivity contribution in [3.63, 3.8) is 0 Å². The Morgan fingerprint density at radius 1 is 1.19 bits per heavy atom. The van der Waals surface area contributed by atoms with E-state index in [0.717, 1.165) is 6.42 Å². The van der Waals surface area contributed by atoms with Gasteiger partial charge >= 0.3 is 6.03 Å². The van der Waals surface area contributed by atoms with Crippen LogP contribution in [0.25, 0.3) is 0 Å². The molecule has 3 N–H and O–H groups in total. The number of nitrogens with one attached hydrogen (secondary N) is 3. The van der Waals surface area contributed by atoms with Crippen LogP contribution in [-0.2, 0) is 16.0 Å². The van der Waals surface area contributed by atoms with E-state index in [1.165, 1.54) is 18.4 Å². The third-order valence-electron chi connectivity index (χ3n) is 3.32. The molecule has 1 aromatic carbocycles. The van der Waals surface area contributed by atoms with Gasteiger partial charge in [-0.25, -0.2) is 9.78 Å². The molecule has 0 unspecified atom stereocenters. The third-order valence-corrected chi connectivity index (χ3v) is 4.12. The molecular weight excluding hydrogens is 356 g/mol. The quantitative estimate of drug-likeness (QED) is 0.582. The smallest absolute Gasteiger partial charge is 0.325 e. The van der Waals surface area contributed by atoms with Crippen LogP contribution in [-0.4, -0.2) is 44.3 Å².